The summed E-state index contributed by atoms with van der Waals surface area (Å²) < 4.78 is 16.6. The van der Waals surface area contributed by atoms with Crippen molar-refractivity contribution in [2.75, 3.05) is 26.6 Å². The minimum atomic E-state index is -0.0787. The first-order chi connectivity index (χ1) is 16.2. The van der Waals surface area contributed by atoms with Crippen LogP contribution < -0.4 is 19.5 Å². The van der Waals surface area contributed by atoms with Crippen LogP contribution in [0.3, 0.4) is 0 Å². The first-order valence-corrected chi connectivity index (χ1v) is 13.1. The van der Waals surface area contributed by atoms with Crippen molar-refractivity contribution in [2.45, 2.75) is 76.5 Å². The van der Waals surface area contributed by atoms with Crippen LogP contribution in [0.4, 0.5) is 5.69 Å². The Labute approximate surface area is 213 Å². The maximum atomic E-state index is 13.3. The Bertz CT molecular complexity index is 927. The van der Waals surface area contributed by atoms with Crippen molar-refractivity contribution < 1.29 is 19.0 Å². The molecule has 0 saturated carbocycles. The van der Waals surface area contributed by atoms with E-state index in [4.69, 9.17) is 14.2 Å². The predicted molar refractivity (Wildman–Crippen MR) is 144 cm³/mol. The molecule has 1 unspecified atom stereocenters. The molecule has 0 aliphatic carbocycles. The smallest absolute Gasteiger partial charge is 0.224 e. The van der Waals surface area contributed by atoms with E-state index in [-0.39, 0.29) is 17.2 Å². The second-order valence-electron chi connectivity index (χ2n) is 9.67. The van der Waals surface area contributed by atoms with Crippen LogP contribution in [-0.4, -0.2) is 27.2 Å². The quantitative estimate of drug-likeness (QED) is 0.225. The number of unbranched alkanes of at least 4 members (excludes halogenated alkanes) is 2. The first kappa shape index (κ1) is 28.0. The fourth-order valence-electron chi connectivity index (χ4n) is 4.22. The Morgan fingerprint density at radius 3 is 2.15 bits per heavy atom. The second-order valence-corrected chi connectivity index (χ2v) is 10.2. The summed E-state index contributed by atoms with van der Waals surface area (Å²) >= 11 is 3.53. The molecule has 0 spiro atoms. The number of benzene rings is 2. The fraction of sp³-hybridized carbons (Fsp3) is 0.536. The molecule has 1 N–H and O–H groups in total. The zero-order valence-corrected chi connectivity index (χ0v) is 23.3. The number of nitrogens with one attached hydrogen (secondary N) is 1. The zero-order chi connectivity index (χ0) is 25.3. The molecule has 0 radical (unpaired) electrons. The predicted octanol–water partition coefficient (Wildman–Crippen LogP) is 7.60. The van der Waals surface area contributed by atoms with Crippen LogP contribution in [0.2, 0.25) is 0 Å². The van der Waals surface area contributed by atoms with Gasteiger partial charge in [0.1, 0.15) is 0 Å². The number of rotatable bonds is 12. The molecule has 34 heavy (non-hydrogen) atoms. The lowest BCUT2D eigenvalue weighted by molar-refractivity contribution is -0.116. The van der Waals surface area contributed by atoms with E-state index in [1.807, 2.05) is 12.1 Å². The van der Waals surface area contributed by atoms with Gasteiger partial charge in [0.15, 0.2) is 11.5 Å². The molecule has 5 nitrogen and oxygen atoms in total. The molecule has 0 fully saturated rings. The molecule has 188 valence electrons. The Kier molecular flexibility index (Phi) is 10.7. The Morgan fingerprint density at radius 2 is 1.65 bits per heavy atom. The number of halogens is 1. The molecule has 1 atom stereocenters. The molecule has 0 saturated heterocycles. The molecule has 2 aromatic rings. The lowest BCUT2D eigenvalue weighted by Crippen LogP contribution is -2.20. The van der Waals surface area contributed by atoms with Crippen LogP contribution in [0.15, 0.2) is 30.3 Å². The summed E-state index contributed by atoms with van der Waals surface area (Å²) in [7, 11) is 4.83. The first-order valence-electron chi connectivity index (χ1n) is 12.0. The minimum absolute atomic E-state index is 0.00692. The number of carbonyl (C=O) groups excluding carboxylic acids is 1. The lowest BCUT2D eigenvalue weighted by Gasteiger charge is -2.25. The summed E-state index contributed by atoms with van der Waals surface area (Å²) in [6.07, 6.45) is 4.60. The summed E-state index contributed by atoms with van der Waals surface area (Å²) in [4.78, 5) is 13.3. The highest BCUT2D eigenvalue weighted by molar-refractivity contribution is 9.08. The molecule has 0 heterocycles. The van der Waals surface area contributed by atoms with Crippen LogP contribution >= 0.6 is 15.9 Å². The zero-order valence-electron chi connectivity index (χ0n) is 21.7. The topological polar surface area (TPSA) is 56.8 Å². The molecule has 2 rings (SSSR count). The number of anilines is 1. The molecule has 2 aromatic carbocycles. The van der Waals surface area contributed by atoms with Crippen LogP contribution in [-0.2, 0) is 15.5 Å². The van der Waals surface area contributed by atoms with Gasteiger partial charge >= 0.3 is 0 Å². The lowest BCUT2D eigenvalue weighted by atomic mass is 9.85. The third-order valence-corrected chi connectivity index (χ3v) is 6.71. The standard InChI is InChI=1S/C28H40BrNO4/c1-8-9-10-11-20(21-15-24(32-5)27(34-7)25(16-21)33-6)17-26(31)30-23-14-19(18-29)12-13-22(23)28(2,3)4/h12-16,20H,8-11,17-18H2,1-7H3,(H,30,31). The van der Waals surface area contributed by atoms with Crippen molar-refractivity contribution in [1.29, 1.82) is 0 Å². The fourth-order valence-corrected chi connectivity index (χ4v) is 4.57. The van der Waals surface area contributed by atoms with Gasteiger partial charge in [0.05, 0.1) is 21.3 Å². The van der Waals surface area contributed by atoms with Gasteiger partial charge in [0, 0.05) is 17.4 Å². The number of amides is 1. The number of hydrogen-bond donors (Lipinski definition) is 1. The van der Waals surface area contributed by atoms with Gasteiger partial charge in [-0.25, -0.2) is 0 Å². The van der Waals surface area contributed by atoms with Crippen molar-refractivity contribution in [1.82, 2.24) is 0 Å². The molecule has 0 aromatic heterocycles. The van der Waals surface area contributed by atoms with Crippen LogP contribution in [0.1, 0.15) is 82.4 Å². The average Bonchev–Trinajstić information content (AvgIpc) is 2.81. The van der Waals surface area contributed by atoms with Gasteiger partial charge in [-0.05, 0) is 52.6 Å². The van der Waals surface area contributed by atoms with E-state index in [0.717, 1.165) is 53.4 Å². The Hall–Kier alpha value is -2.21. The number of alkyl halides is 1. The normalized spacial score (nSPS) is 12.2. The van der Waals surface area contributed by atoms with Crippen molar-refractivity contribution >= 4 is 27.5 Å². The number of ether oxygens (including phenoxy) is 3. The number of methoxy groups -OCH3 is 3. The molecule has 6 heteroatoms. The maximum Gasteiger partial charge on any atom is 0.224 e. The van der Waals surface area contributed by atoms with E-state index in [1.165, 1.54) is 0 Å². The van der Waals surface area contributed by atoms with Gasteiger partial charge in [0.2, 0.25) is 11.7 Å². The van der Waals surface area contributed by atoms with Crippen molar-refractivity contribution in [3.63, 3.8) is 0 Å². The second kappa shape index (κ2) is 13.0. The number of carbonyl (C=O) groups is 1. The summed E-state index contributed by atoms with van der Waals surface area (Å²) in [5, 5.41) is 3.96. The Balaban J connectivity index is 2.37. The summed E-state index contributed by atoms with van der Waals surface area (Å²) in [6.45, 7) is 8.67. The van der Waals surface area contributed by atoms with E-state index in [0.29, 0.717) is 23.7 Å². The average molecular weight is 535 g/mol. The molecular formula is C28H40BrNO4. The van der Waals surface area contributed by atoms with Crippen LogP contribution in [0, 0.1) is 0 Å². The third kappa shape index (κ3) is 7.39. The van der Waals surface area contributed by atoms with E-state index in [1.54, 1.807) is 21.3 Å². The summed E-state index contributed by atoms with van der Waals surface area (Å²) in [6, 6.07) is 10.2. The van der Waals surface area contributed by atoms with E-state index in [9.17, 15) is 4.79 Å². The largest absolute Gasteiger partial charge is 0.493 e. The monoisotopic (exact) mass is 533 g/mol. The van der Waals surface area contributed by atoms with Gasteiger partial charge < -0.3 is 19.5 Å². The highest BCUT2D eigenvalue weighted by Gasteiger charge is 2.23. The van der Waals surface area contributed by atoms with Gasteiger partial charge in [-0.2, -0.15) is 0 Å². The summed E-state index contributed by atoms with van der Waals surface area (Å²) in [5.41, 5.74) is 4.08. The minimum Gasteiger partial charge on any atom is -0.493 e. The van der Waals surface area contributed by atoms with Gasteiger partial charge in [-0.1, -0.05) is 75.0 Å². The molecule has 0 aliphatic heterocycles. The number of hydrogen-bond acceptors (Lipinski definition) is 4. The van der Waals surface area contributed by atoms with Gasteiger partial charge in [0.25, 0.3) is 0 Å². The third-order valence-electron chi connectivity index (χ3n) is 6.07. The van der Waals surface area contributed by atoms with E-state index in [2.05, 4.69) is 67.1 Å². The maximum absolute atomic E-state index is 13.3. The van der Waals surface area contributed by atoms with Crippen LogP contribution in [0.25, 0.3) is 0 Å². The van der Waals surface area contributed by atoms with Gasteiger partial charge in [-0.3, -0.25) is 4.79 Å². The van der Waals surface area contributed by atoms with E-state index >= 15 is 0 Å². The summed E-state index contributed by atoms with van der Waals surface area (Å²) in [5.74, 6) is 1.83. The van der Waals surface area contributed by atoms with Crippen molar-refractivity contribution in [3.8, 4) is 17.2 Å². The Morgan fingerprint density at radius 1 is 1.00 bits per heavy atom. The molecular weight excluding hydrogens is 494 g/mol. The van der Waals surface area contributed by atoms with E-state index < -0.39 is 0 Å². The molecule has 0 aliphatic rings. The van der Waals surface area contributed by atoms with Crippen molar-refractivity contribution in [3.05, 3.63) is 47.0 Å². The highest BCUT2D eigenvalue weighted by Crippen LogP contribution is 2.42. The molecule has 1 amide bonds. The van der Waals surface area contributed by atoms with Crippen LogP contribution in [0.5, 0.6) is 17.2 Å². The van der Waals surface area contributed by atoms with Gasteiger partial charge in [-0.15, -0.1) is 0 Å². The molecule has 0 bridgehead atoms. The highest BCUT2D eigenvalue weighted by atomic mass is 79.9. The SMILES string of the molecule is CCCCCC(CC(=O)Nc1cc(CBr)ccc1C(C)(C)C)c1cc(OC)c(OC)c(OC)c1. The van der Waals surface area contributed by atoms with Crippen molar-refractivity contribution in [2.24, 2.45) is 0 Å².